The zero-order chi connectivity index (χ0) is 12.7. The average molecular weight is 243 g/mol. The minimum absolute atomic E-state index is 0.289. The predicted octanol–water partition coefficient (Wildman–Crippen LogP) is 1.45. The van der Waals surface area contributed by atoms with Gasteiger partial charge in [0.15, 0.2) is 0 Å². The molecule has 5 nitrogen and oxygen atoms in total. The molecule has 0 saturated carbocycles. The average Bonchev–Trinajstić information content (AvgIpc) is 2.70. The van der Waals surface area contributed by atoms with E-state index in [1.54, 1.807) is 0 Å². The molecule has 0 saturated heterocycles. The smallest absolute Gasteiger partial charge is 0.145 e. The van der Waals surface area contributed by atoms with E-state index in [-0.39, 0.29) is 6.04 Å². The van der Waals surface area contributed by atoms with Crippen molar-refractivity contribution in [3.8, 4) is 0 Å². The highest BCUT2D eigenvalue weighted by Crippen LogP contribution is 2.33. The number of aryl methyl sites for hydroxylation is 1. The van der Waals surface area contributed by atoms with Crippen LogP contribution in [0.25, 0.3) is 16.6 Å². The van der Waals surface area contributed by atoms with Crippen LogP contribution in [0.15, 0.2) is 18.6 Å². The first-order valence-electron chi connectivity index (χ1n) is 6.17. The second-order valence-electron chi connectivity index (χ2n) is 4.88. The monoisotopic (exact) mass is 243 g/mol. The summed E-state index contributed by atoms with van der Waals surface area (Å²) in [5.41, 5.74) is 15.3. The van der Waals surface area contributed by atoms with Gasteiger partial charge in [-0.3, -0.25) is 0 Å². The molecular formula is C13H17N5. The van der Waals surface area contributed by atoms with Crippen molar-refractivity contribution >= 4 is 22.4 Å². The normalized spacial score (nSPS) is 20.1. The van der Waals surface area contributed by atoms with Crippen LogP contribution in [0, 0.1) is 0 Å². The van der Waals surface area contributed by atoms with E-state index < -0.39 is 0 Å². The second-order valence-corrected chi connectivity index (χ2v) is 4.88. The third-order valence-corrected chi connectivity index (χ3v) is 3.58. The number of hydrogen-bond acceptors (Lipinski definition) is 4. The molecule has 3 rings (SSSR count). The van der Waals surface area contributed by atoms with Gasteiger partial charge in [-0.05, 0) is 24.8 Å². The van der Waals surface area contributed by atoms with E-state index in [0.717, 1.165) is 35.9 Å². The molecule has 4 N–H and O–H groups in total. The van der Waals surface area contributed by atoms with E-state index in [1.165, 1.54) is 11.9 Å². The number of allylic oxidation sites excluding steroid dienone is 1. The first-order valence-corrected chi connectivity index (χ1v) is 6.17. The lowest BCUT2D eigenvalue weighted by atomic mass is 9.91. The molecule has 5 heteroatoms. The molecule has 0 unspecified atom stereocenters. The van der Waals surface area contributed by atoms with Crippen molar-refractivity contribution in [1.82, 2.24) is 14.5 Å². The summed E-state index contributed by atoms with van der Waals surface area (Å²) >= 11 is 0. The summed E-state index contributed by atoms with van der Waals surface area (Å²) in [6, 6.07) is 0.289. The van der Waals surface area contributed by atoms with Gasteiger partial charge in [0.05, 0.1) is 5.39 Å². The van der Waals surface area contributed by atoms with Crippen LogP contribution in [0.5, 0.6) is 0 Å². The van der Waals surface area contributed by atoms with Gasteiger partial charge in [0.25, 0.3) is 0 Å². The number of nitrogens with two attached hydrogens (primary N) is 2. The van der Waals surface area contributed by atoms with Gasteiger partial charge in [0, 0.05) is 24.8 Å². The van der Waals surface area contributed by atoms with Crippen LogP contribution in [0.3, 0.4) is 0 Å². The third-order valence-electron chi connectivity index (χ3n) is 3.58. The van der Waals surface area contributed by atoms with Crippen LogP contribution in [0.4, 0.5) is 5.82 Å². The number of rotatable bonds is 1. The van der Waals surface area contributed by atoms with Crippen LogP contribution >= 0.6 is 0 Å². The Labute approximate surface area is 106 Å². The molecule has 0 aromatic carbocycles. The van der Waals surface area contributed by atoms with E-state index in [2.05, 4.69) is 22.2 Å². The minimum atomic E-state index is 0.289. The summed E-state index contributed by atoms with van der Waals surface area (Å²) in [5.74, 6) is 0.548. The number of nitrogens with zero attached hydrogens (tertiary/aromatic N) is 3. The predicted molar refractivity (Wildman–Crippen MR) is 72.7 cm³/mol. The fraction of sp³-hybridized carbons (Fsp3) is 0.385. The third kappa shape index (κ3) is 1.67. The first kappa shape index (κ1) is 11.2. The van der Waals surface area contributed by atoms with E-state index in [0.29, 0.717) is 5.82 Å². The van der Waals surface area contributed by atoms with Gasteiger partial charge < -0.3 is 16.0 Å². The van der Waals surface area contributed by atoms with Crippen LogP contribution in [-0.4, -0.2) is 20.6 Å². The number of nitrogen functional groups attached to an aromatic ring is 1. The van der Waals surface area contributed by atoms with Crippen LogP contribution in [0.2, 0.25) is 0 Å². The van der Waals surface area contributed by atoms with Crippen molar-refractivity contribution in [2.75, 3.05) is 5.73 Å². The Morgan fingerprint density at radius 1 is 1.39 bits per heavy atom. The van der Waals surface area contributed by atoms with Gasteiger partial charge in [-0.25, -0.2) is 9.97 Å². The molecule has 2 heterocycles. The van der Waals surface area contributed by atoms with E-state index >= 15 is 0 Å². The SMILES string of the molecule is Cn1cc(C2=CC[C@@H](N)CC2)c2c(N)ncnc21. The highest BCUT2D eigenvalue weighted by atomic mass is 15.0. The maximum absolute atomic E-state index is 5.99. The van der Waals surface area contributed by atoms with E-state index in [4.69, 9.17) is 11.5 Å². The molecule has 18 heavy (non-hydrogen) atoms. The molecule has 2 aromatic rings. The Hall–Kier alpha value is -1.88. The fourth-order valence-corrected chi connectivity index (χ4v) is 2.58. The van der Waals surface area contributed by atoms with Crippen molar-refractivity contribution in [1.29, 1.82) is 0 Å². The Balaban J connectivity index is 2.18. The Morgan fingerprint density at radius 2 is 2.22 bits per heavy atom. The summed E-state index contributed by atoms with van der Waals surface area (Å²) in [7, 11) is 1.98. The van der Waals surface area contributed by atoms with Crippen LogP contribution < -0.4 is 11.5 Å². The Morgan fingerprint density at radius 3 is 2.94 bits per heavy atom. The Bertz CT molecular complexity index is 626. The summed E-state index contributed by atoms with van der Waals surface area (Å²) in [4.78, 5) is 8.38. The molecule has 0 aliphatic heterocycles. The summed E-state index contributed by atoms with van der Waals surface area (Å²) in [6.07, 6.45) is 8.75. The maximum Gasteiger partial charge on any atom is 0.145 e. The van der Waals surface area contributed by atoms with Gasteiger partial charge in [-0.1, -0.05) is 6.08 Å². The summed E-state index contributed by atoms with van der Waals surface area (Å²) < 4.78 is 2.00. The maximum atomic E-state index is 5.99. The van der Waals surface area contributed by atoms with Crippen LogP contribution in [0.1, 0.15) is 24.8 Å². The number of anilines is 1. The van der Waals surface area contributed by atoms with Crippen molar-refractivity contribution in [3.05, 3.63) is 24.2 Å². The van der Waals surface area contributed by atoms with Gasteiger partial charge in [0.1, 0.15) is 17.8 Å². The zero-order valence-corrected chi connectivity index (χ0v) is 10.4. The Kier molecular flexibility index (Phi) is 2.56. The van der Waals surface area contributed by atoms with Gasteiger partial charge in [0.2, 0.25) is 0 Å². The van der Waals surface area contributed by atoms with Gasteiger partial charge in [-0.15, -0.1) is 0 Å². The lowest BCUT2D eigenvalue weighted by molar-refractivity contribution is 0.614. The fourth-order valence-electron chi connectivity index (χ4n) is 2.58. The molecular weight excluding hydrogens is 226 g/mol. The molecule has 0 fully saturated rings. The standard InChI is InChI=1S/C13H17N5/c1-18-6-10(8-2-4-9(14)5-3-8)11-12(15)16-7-17-13(11)18/h2,6-7,9H,3-5,14H2,1H3,(H2,15,16,17)/t9-/m1/s1. The highest BCUT2D eigenvalue weighted by molar-refractivity contribution is 5.97. The van der Waals surface area contributed by atoms with Gasteiger partial charge in [-0.2, -0.15) is 0 Å². The topological polar surface area (TPSA) is 82.8 Å². The lowest BCUT2D eigenvalue weighted by Crippen LogP contribution is -2.21. The highest BCUT2D eigenvalue weighted by Gasteiger charge is 2.18. The van der Waals surface area contributed by atoms with Crippen molar-refractivity contribution in [2.45, 2.75) is 25.3 Å². The molecule has 94 valence electrons. The van der Waals surface area contributed by atoms with Crippen molar-refractivity contribution in [2.24, 2.45) is 12.8 Å². The van der Waals surface area contributed by atoms with Crippen molar-refractivity contribution < 1.29 is 0 Å². The van der Waals surface area contributed by atoms with Crippen molar-refractivity contribution in [3.63, 3.8) is 0 Å². The number of fused-ring (bicyclic) bond motifs is 1. The number of aromatic nitrogens is 3. The minimum Gasteiger partial charge on any atom is -0.383 e. The van der Waals surface area contributed by atoms with E-state index in [9.17, 15) is 0 Å². The lowest BCUT2D eigenvalue weighted by Gasteiger charge is -2.17. The molecule has 0 bridgehead atoms. The molecule has 0 radical (unpaired) electrons. The number of hydrogen-bond donors (Lipinski definition) is 2. The van der Waals surface area contributed by atoms with E-state index in [1.807, 2.05) is 11.6 Å². The molecule has 0 spiro atoms. The molecule has 2 aromatic heterocycles. The zero-order valence-electron chi connectivity index (χ0n) is 10.4. The second kappa shape index (κ2) is 4.10. The summed E-state index contributed by atoms with van der Waals surface area (Å²) in [6.45, 7) is 0. The largest absolute Gasteiger partial charge is 0.383 e. The first-order chi connectivity index (χ1) is 8.66. The molecule has 1 aliphatic rings. The molecule has 1 atom stereocenters. The molecule has 0 amide bonds. The van der Waals surface area contributed by atoms with Gasteiger partial charge >= 0.3 is 0 Å². The quantitative estimate of drug-likeness (QED) is 0.794. The molecule has 1 aliphatic carbocycles. The van der Waals surface area contributed by atoms with Crippen LogP contribution in [-0.2, 0) is 7.05 Å². The summed E-state index contributed by atoms with van der Waals surface area (Å²) in [5, 5.41) is 0.960.